The molecule has 0 bridgehead atoms. The van der Waals surface area contributed by atoms with Crippen molar-refractivity contribution in [2.75, 3.05) is 4.90 Å². The van der Waals surface area contributed by atoms with E-state index in [1.54, 1.807) is 0 Å². The number of nitriles is 1. The Labute approximate surface area is 115 Å². The van der Waals surface area contributed by atoms with E-state index in [2.05, 4.69) is 51.2 Å². The van der Waals surface area contributed by atoms with E-state index in [1.807, 2.05) is 18.2 Å². The van der Waals surface area contributed by atoms with Gasteiger partial charge in [-0.3, -0.25) is 0 Å². The van der Waals surface area contributed by atoms with E-state index in [0.29, 0.717) is 5.56 Å². The Balaban J connectivity index is 1.91. The van der Waals surface area contributed by atoms with Gasteiger partial charge in [0, 0.05) is 23.2 Å². The van der Waals surface area contributed by atoms with Gasteiger partial charge >= 0.3 is 0 Å². The fourth-order valence-electron chi connectivity index (χ4n) is 2.31. The fourth-order valence-corrected chi connectivity index (χ4v) is 2.76. The highest BCUT2D eigenvalue weighted by Crippen LogP contribution is 2.30. The molecule has 0 unspecified atom stereocenters. The average molecular weight is 299 g/mol. The number of hydrogen-bond donors (Lipinski definition) is 0. The summed E-state index contributed by atoms with van der Waals surface area (Å²) < 4.78 is 0.860. The van der Waals surface area contributed by atoms with Gasteiger partial charge in [-0.05, 0) is 45.3 Å². The zero-order chi connectivity index (χ0) is 12.5. The first-order chi connectivity index (χ1) is 8.78. The highest BCUT2D eigenvalue weighted by atomic mass is 79.9. The molecule has 88 valence electrons. The molecule has 1 heterocycles. The second kappa shape index (κ2) is 4.47. The number of benzene rings is 2. The molecule has 0 N–H and O–H groups in total. The Bertz CT molecular complexity index is 618. The van der Waals surface area contributed by atoms with Crippen LogP contribution in [0.5, 0.6) is 0 Å². The fraction of sp³-hybridized carbons (Fsp3) is 0.133. The maximum atomic E-state index is 8.92. The van der Waals surface area contributed by atoms with Crippen molar-refractivity contribution in [1.29, 1.82) is 5.26 Å². The van der Waals surface area contributed by atoms with Gasteiger partial charge in [0.25, 0.3) is 0 Å². The van der Waals surface area contributed by atoms with Gasteiger partial charge in [0.2, 0.25) is 0 Å². The molecule has 0 aliphatic carbocycles. The van der Waals surface area contributed by atoms with Crippen molar-refractivity contribution >= 4 is 21.6 Å². The van der Waals surface area contributed by atoms with Crippen LogP contribution in [0.15, 0.2) is 46.9 Å². The molecule has 0 saturated heterocycles. The quantitative estimate of drug-likeness (QED) is 0.800. The molecule has 2 aromatic carbocycles. The van der Waals surface area contributed by atoms with E-state index < -0.39 is 0 Å². The molecule has 0 saturated carbocycles. The van der Waals surface area contributed by atoms with E-state index in [1.165, 1.54) is 11.1 Å². The third-order valence-corrected chi connectivity index (χ3v) is 3.94. The molecule has 2 aromatic rings. The maximum absolute atomic E-state index is 8.92. The average Bonchev–Trinajstić information content (AvgIpc) is 2.82. The molecule has 0 amide bonds. The summed E-state index contributed by atoms with van der Waals surface area (Å²) in [5.74, 6) is 0. The molecule has 0 aromatic heterocycles. The van der Waals surface area contributed by atoms with Crippen LogP contribution in [0.3, 0.4) is 0 Å². The highest BCUT2D eigenvalue weighted by Gasteiger charge is 2.18. The molecule has 0 fully saturated rings. The van der Waals surface area contributed by atoms with Gasteiger partial charge in [-0.15, -0.1) is 0 Å². The Morgan fingerprint density at radius 1 is 1.06 bits per heavy atom. The van der Waals surface area contributed by atoms with Gasteiger partial charge in [0.1, 0.15) is 6.07 Å². The molecule has 2 nitrogen and oxygen atoms in total. The standard InChI is InChI=1S/C15H11BrN2/c16-15-7-14(6-5-11(15)8-17)18-9-12-3-1-2-4-13(12)10-18/h1-7H,9-10H2. The van der Waals surface area contributed by atoms with Gasteiger partial charge in [-0.2, -0.15) is 5.26 Å². The first kappa shape index (κ1) is 11.3. The number of fused-ring (bicyclic) bond motifs is 1. The SMILES string of the molecule is N#Cc1ccc(N2Cc3ccccc3C2)cc1Br. The van der Waals surface area contributed by atoms with Crippen molar-refractivity contribution in [2.45, 2.75) is 13.1 Å². The molecule has 18 heavy (non-hydrogen) atoms. The predicted molar refractivity (Wildman–Crippen MR) is 75.2 cm³/mol. The topological polar surface area (TPSA) is 27.0 Å². The summed E-state index contributed by atoms with van der Waals surface area (Å²) in [4.78, 5) is 2.32. The largest absolute Gasteiger partial charge is 0.363 e. The van der Waals surface area contributed by atoms with Crippen LogP contribution in [0.2, 0.25) is 0 Å². The molecule has 1 aliphatic rings. The van der Waals surface area contributed by atoms with Gasteiger partial charge in [-0.25, -0.2) is 0 Å². The zero-order valence-electron chi connectivity index (χ0n) is 9.73. The Kier molecular flexibility index (Phi) is 2.81. The van der Waals surface area contributed by atoms with Crippen molar-refractivity contribution in [1.82, 2.24) is 0 Å². The van der Waals surface area contributed by atoms with E-state index in [-0.39, 0.29) is 0 Å². The zero-order valence-corrected chi connectivity index (χ0v) is 11.3. The van der Waals surface area contributed by atoms with Crippen LogP contribution < -0.4 is 4.90 Å². The summed E-state index contributed by atoms with van der Waals surface area (Å²) in [7, 11) is 0. The summed E-state index contributed by atoms with van der Waals surface area (Å²) >= 11 is 3.44. The second-order valence-corrected chi connectivity index (χ2v) is 5.26. The van der Waals surface area contributed by atoms with Crippen molar-refractivity contribution in [3.63, 3.8) is 0 Å². The Morgan fingerprint density at radius 2 is 1.72 bits per heavy atom. The van der Waals surface area contributed by atoms with Crippen LogP contribution in [0, 0.1) is 11.3 Å². The minimum atomic E-state index is 0.676. The van der Waals surface area contributed by atoms with E-state index >= 15 is 0 Å². The first-order valence-electron chi connectivity index (χ1n) is 5.79. The monoisotopic (exact) mass is 298 g/mol. The van der Waals surface area contributed by atoms with E-state index in [4.69, 9.17) is 5.26 Å². The summed E-state index contributed by atoms with van der Waals surface area (Å²) in [6.07, 6.45) is 0. The molecule has 3 rings (SSSR count). The smallest absolute Gasteiger partial charge is 0.100 e. The minimum absolute atomic E-state index is 0.676. The van der Waals surface area contributed by atoms with Crippen molar-refractivity contribution in [3.8, 4) is 6.07 Å². The molecule has 0 radical (unpaired) electrons. The van der Waals surface area contributed by atoms with Crippen molar-refractivity contribution < 1.29 is 0 Å². The molecular formula is C15H11BrN2. The third-order valence-electron chi connectivity index (χ3n) is 3.28. The third kappa shape index (κ3) is 1.89. The van der Waals surface area contributed by atoms with Crippen LogP contribution in [-0.4, -0.2) is 0 Å². The van der Waals surface area contributed by atoms with Gasteiger partial charge in [-0.1, -0.05) is 24.3 Å². The predicted octanol–water partition coefficient (Wildman–Crippen LogP) is 3.84. The second-order valence-electron chi connectivity index (χ2n) is 4.40. The Hall–Kier alpha value is -1.79. The highest BCUT2D eigenvalue weighted by molar-refractivity contribution is 9.10. The van der Waals surface area contributed by atoms with Crippen molar-refractivity contribution in [3.05, 3.63) is 63.6 Å². The number of nitrogens with zero attached hydrogens (tertiary/aromatic N) is 2. The van der Waals surface area contributed by atoms with Crippen LogP contribution >= 0.6 is 15.9 Å². The summed E-state index contributed by atoms with van der Waals surface area (Å²) in [6, 6.07) is 16.6. The lowest BCUT2D eigenvalue weighted by molar-refractivity contribution is 0.880. The number of rotatable bonds is 1. The van der Waals surface area contributed by atoms with Gasteiger partial charge < -0.3 is 4.90 Å². The van der Waals surface area contributed by atoms with Gasteiger partial charge in [0.05, 0.1) is 5.56 Å². The van der Waals surface area contributed by atoms with Crippen LogP contribution in [-0.2, 0) is 13.1 Å². The summed E-state index contributed by atoms with van der Waals surface area (Å²) in [5.41, 5.74) is 4.60. The van der Waals surface area contributed by atoms with Crippen LogP contribution in [0.4, 0.5) is 5.69 Å². The molecule has 1 aliphatic heterocycles. The number of hydrogen-bond acceptors (Lipinski definition) is 2. The summed E-state index contributed by atoms with van der Waals surface area (Å²) in [5, 5.41) is 8.92. The number of anilines is 1. The normalized spacial score (nSPS) is 13.2. The lowest BCUT2D eigenvalue weighted by Gasteiger charge is -2.18. The maximum Gasteiger partial charge on any atom is 0.100 e. The van der Waals surface area contributed by atoms with Crippen LogP contribution in [0.1, 0.15) is 16.7 Å². The minimum Gasteiger partial charge on any atom is -0.363 e. The van der Waals surface area contributed by atoms with Crippen LogP contribution in [0.25, 0.3) is 0 Å². The Morgan fingerprint density at radius 3 is 2.28 bits per heavy atom. The van der Waals surface area contributed by atoms with E-state index in [0.717, 1.165) is 23.2 Å². The molecule has 0 spiro atoms. The first-order valence-corrected chi connectivity index (χ1v) is 6.58. The lowest BCUT2D eigenvalue weighted by atomic mass is 10.1. The van der Waals surface area contributed by atoms with E-state index in [9.17, 15) is 0 Å². The molecular weight excluding hydrogens is 288 g/mol. The molecule has 0 atom stereocenters. The van der Waals surface area contributed by atoms with Gasteiger partial charge in [0.15, 0.2) is 0 Å². The molecule has 3 heteroatoms. The lowest BCUT2D eigenvalue weighted by Crippen LogP contribution is -2.14. The van der Waals surface area contributed by atoms with Crippen molar-refractivity contribution in [2.24, 2.45) is 0 Å². The summed E-state index contributed by atoms with van der Waals surface area (Å²) in [6.45, 7) is 1.88. The number of halogens is 1.